The Balaban J connectivity index is 0.000000132. The molecule has 0 unspecified atom stereocenters. The van der Waals surface area contributed by atoms with Gasteiger partial charge in [0.2, 0.25) is 0 Å². The molecule has 7 heterocycles. The molecule has 0 aliphatic rings. The SMILES string of the molecule is Brc1ccc2sc3ccc4sc5ccc(Br)cc5c4c3c2c1.C.O[B]Oc1ccc2oc3ccc(-c4ccccc4)cc3c2c1.c1ccc(-c2ccc3oc4ccc(-c5ccc6sc7ccc8sc9ccc(-c%10ccc%11oc%12ccc(-c%13ccccc%13)cc%12c%11c%10)cc9c8c7c6c5)cc4c3c2)cc1. The first-order chi connectivity index (χ1) is 50.2. The highest BCUT2D eigenvalue weighted by Gasteiger charge is 2.20. The average Bonchev–Trinajstić information content (AvgIpc) is 1.58. The smallest absolute Gasteiger partial charge is 0.537 e. The van der Waals surface area contributed by atoms with Crippen LogP contribution in [0.1, 0.15) is 7.43 Å². The maximum atomic E-state index is 8.78. The second-order valence-electron chi connectivity index (χ2n) is 25.6. The van der Waals surface area contributed by atoms with Gasteiger partial charge < -0.3 is 22.9 Å². The third kappa shape index (κ3) is 11.1. The maximum absolute atomic E-state index is 8.78. The third-order valence-corrected chi connectivity index (χ3v) is 25.1. The van der Waals surface area contributed by atoms with Crippen LogP contribution in [0.25, 0.3) is 202 Å². The standard InChI is InChI=1S/C54H30O2S2.C18H12BO3.C18H8Br2S2.CH4/c1-3-7-31(8-4-1)33-11-17-45-39(25-33)41-27-35(13-19-47(41)55-45)37-15-21-49-43(29-37)53-51(57-49)23-24-52-54(53)44-30-38(16-22-50(44)58-52)36-14-20-48-42(28-36)40-26-34(12-18-46(40)56-48)32-9-5-2-6-10-32;20-19-22-14-7-9-18-16(11-14)15-10-13(6-8-17(15)21-18)12-4-2-1-3-5-12;19-9-1-3-13-11(7-9)17-15(21-13)5-6-16-18(17)12-8-10(20)2-4-14(12)22-16;/h1-30H;1-11,20H;1-8H;1H4. The number of rotatable bonds is 7. The predicted octanol–water partition coefficient (Wildman–Crippen LogP) is 29.6. The number of benzene rings is 15. The number of fused-ring (bicyclic) bond motifs is 23. The highest BCUT2D eigenvalue weighted by molar-refractivity contribution is 9.10. The van der Waals surface area contributed by atoms with E-state index in [0.29, 0.717) is 13.4 Å². The van der Waals surface area contributed by atoms with E-state index in [-0.39, 0.29) is 7.43 Å². The van der Waals surface area contributed by atoms with Crippen molar-refractivity contribution in [2.45, 2.75) is 7.43 Å². The van der Waals surface area contributed by atoms with Crippen molar-refractivity contribution in [3.8, 4) is 61.4 Å². The summed E-state index contributed by atoms with van der Waals surface area (Å²) in [6.45, 7) is 0. The Morgan fingerprint density at radius 1 is 0.243 bits per heavy atom. The molecule has 15 aromatic carbocycles. The van der Waals surface area contributed by atoms with Gasteiger partial charge in [0, 0.05) is 122 Å². The summed E-state index contributed by atoms with van der Waals surface area (Å²) >= 11 is 14.7. The van der Waals surface area contributed by atoms with Gasteiger partial charge in [0.25, 0.3) is 0 Å². The molecule has 0 saturated heterocycles. The zero-order valence-corrected chi connectivity index (χ0v) is 60.3. The van der Waals surface area contributed by atoms with E-state index in [2.05, 4.69) is 287 Å². The quantitative estimate of drug-likeness (QED) is 0.161. The summed E-state index contributed by atoms with van der Waals surface area (Å²) < 4.78 is 36.5. The molecule has 1 N–H and O–H groups in total. The Bertz CT molecular complexity index is 6780. The van der Waals surface area contributed by atoms with Crippen molar-refractivity contribution in [2.75, 3.05) is 0 Å². The summed E-state index contributed by atoms with van der Waals surface area (Å²) in [5, 5.41) is 26.1. The van der Waals surface area contributed by atoms with Crippen molar-refractivity contribution in [3.63, 3.8) is 0 Å². The van der Waals surface area contributed by atoms with Gasteiger partial charge >= 0.3 is 7.69 Å². The normalized spacial score (nSPS) is 11.8. The molecule has 103 heavy (non-hydrogen) atoms. The first kappa shape index (κ1) is 63.3. The second kappa shape index (κ2) is 25.7. The number of hydrogen-bond acceptors (Lipinski definition) is 9. The maximum Gasteiger partial charge on any atom is 0.569 e. The highest BCUT2D eigenvalue weighted by atomic mass is 79.9. The fourth-order valence-electron chi connectivity index (χ4n) is 14.8. The van der Waals surface area contributed by atoms with Crippen molar-refractivity contribution in [3.05, 3.63) is 306 Å². The molecule has 7 aromatic heterocycles. The van der Waals surface area contributed by atoms with Crippen LogP contribution >= 0.6 is 77.2 Å². The summed E-state index contributed by atoms with van der Waals surface area (Å²) in [5.41, 5.74) is 17.1. The molecule has 5 nitrogen and oxygen atoms in total. The topological polar surface area (TPSA) is 68.9 Å². The van der Waals surface area contributed by atoms with E-state index >= 15 is 0 Å². The van der Waals surface area contributed by atoms with Crippen LogP contribution in [-0.2, 0) is 0 Å². The van der Waals surface area contributed by atoms with Crippen LogP contribution in [0.4, 0.5) is 0 Å². The molecule has 22 rings (SSSR count). The van der Waals surface area contributed by atoms with Crippen LogP contribution in [0.3, 0.4) is 0 Å². The van der Waals surface area contributed by atoms with E-state index < -0.39 is 0 Å². The summed E-state index contributed by atoms with van der Waals surface area (Å²) in [6, 6.07) is 105. The van der Waals surface area contributed by atoms with Gasteiger partial charge in [0.05, 0.1) is 0 Å². The first-order valence-electron chi connectivity index (χ1n) is 33.4. The Morgan fingerprint density at radius 2 is 0.485 bits per heavy atom. The molecule has 0 saturated carbocycles. The van der Waals surface area contributed by atoms with Crippen LogP contribution < -0.4 is 4.65 Å². The van der Waals surface area contributed by atoms with Gasteiger partial charge in [-0.25, -0.2) is 0 Å². The predicted molar refractivity (Wildman–Crippen MR) is 451 cm³/mol. The van der Waals surface area contributed by atoms with E-state index in [1.165, 1.54) is 125 Å². The fraction of sp³-hybridized carbons (Fsp3) is 0.0110. The van der Waals surface area contributed by atoms with E-state index in [1.807, 2.05) is 81.7 Å². The van der Waals surface area contributed by atoms with Crippen molar-refractivity contribution in [2.24, 2.45) is 0 Å². The minimum atomic E-state index is 0. The molecule has 0 bridgehead atoms. The zero-order valence-electron chi connectivity index (χ0n) is 53.8. The average molecular weight is 1530 g/mol. The van der Waals surface area contributed by atoms with Gasteiger partial charge in [-0.05, 0) is 219 Å². The lowest BCUT2D eigenvalue weighted by molar-refractivity contribution is 0.454. The van der Waals surface area contributed by atoms with Gasteiger partial charge in [-0.3, -0.25) is 0 Å². The van der Waals surface area contributed by atoms with Crippen molar-refractivity contribution in [1.29, 1.82) is 0 Å². The lowest BCUT2D eigenvalue weighted by Crippen LogP contribution is -1.98. The molecule has 0 aliphatic heterocycles. The van der Waals surface area contributed by atoms with Crippen LogP contribution in [0.2, 0.25) is 0 Å². The Morgan fingerprint density at radius 3 is 0.796 bits per heavy atom. The molecule has 0 atom stereocenters. The monoisotopic (exact) mass is 1520 g/mol. The van der Waals surface area contributed by atoms with Crippen LogP contribution in [0.5, 0.6) is 5.75 Å². The van der Waals surface area contributed by atoms with Gasteiger partial charge in [-0.15, -0.1) is 45.3 Å². The minimum absolute atomic E-state index is 0. The molecular weight excluding hydrogens is 1470 g/mol. The summed E-state index contributed by atoms with van der Waals surface area (Å²) in [6.07, 6.45) is 0. The Hall–Kier alpha value is -10.6. The lowest BCUT2D eigenvalue weighted by atomic mass is 9.97. The summed E-state index contributed by atoms with van der Waals surface area (Å²) in [7, 11) is 0.679. The van der Waals surface area contributed by atoms with E-state index in [9.17, 15) is 0 Å². The third-order valence-electron chi connectivity index (χ3n) is 19.6. The zero-order chi connectivity index (χ0) is 67.7. The fourth-order valence-corrected chi connectivity index (χ4v) is 19.9. The van der Waals surface area contributed by atoms with Crippen molar-refractivity contribution in [1.82, 2.24) is 0 Å². The minimum Gasteiger partial charge on any atom is -0.537 e. The first-order valence-corrected chi connectivity index (χ1v) is 38.2. The molecule has 1 radical (unpaired) electrons. The number of thiophene rings is 4. The van der Waals surface area contributed by atoms with Crippen molar-refractivity contribution < 1.29 is 22.9 Å². The van der Waals surface area contributed by atoms with Gasteiger partial charge in [-0.2, -0.15) is 0 Å². The van der Waals surface area contributed by atoms with Crippen LogP contribution in [-0.4, -0.2) is 12.7 Å². The summed E-state index contributed by atoms with van der Waals surface area (Å²) in [4.78, 5) is 0. The molecule has 489 valence electrons. The molecular formula is C91H54BBr2O5S4. The van der Waals surface area contributed by atoms with Crippen molar-refractivity contribution >= 4 is 231 Å². The summed E-state index contributed by atoms with van der Waals surface area (Å²) in [5.74, 6) is 0.572. The molecule has 0 aliphatic carbocycles. The van der Waals surface area contributed by atoms with Gasteiger partial charge in [0.15, 0.2) is 0 Å². The van der Waals surface area contributed by atoms with Crippen LogP contribution in [0, 0.1) is 0 Å². The van der Waals surface area contributed by atoms with Gasteiger partial charge in [0.1, 0.15) is 39.2 Å². The highest BCUT2D eigenvalue weighted by Crippen LogP contribution is 2.49. The lowest BCUT2D eigenvalue weighted by Gasteiger charge is -2.05. The molecule has 0 spiro atoms. The van der Waals surface area contributed by atoms with Crippen LogP contribution in [0.15, 0.2) is 319 Å². The van der Waals surface area contributed by atoms with Gasteiger partial charge in [-0.1, -0.05) is 173 Å². The molecule has 22 aromatic rings. The molecule has 12 heteroatoms. The molecule has 0 amide bonds. The van der Waals surface area contributed by atoms with E-state index in [1.54, 1.807) is 6.07 Å². The number of hydrogen-bond donors (Lipinski definition) is 1. The number of halogens is 2. The largest absolute Gasteiger partial charge is 0.569 e. The Labute approximate surface area is 623 Å². The Kier molecular flexibility index (Phi) is 15.8. The second-order valence-corrected chi connectivity index (χ2v) is 31.7. The number of furan rings is 3. The van der Waals surface area contributed by atoms with E-state index in [4.69, 9.17) is 22.9 Å². The molecule has 0 fully saturated rings. The van der Waals surface area contributed by atoms with E-state index in [0.717, 1.165) is 85.9 Å².